The summed E-state index contributed by atoms with van der Waals surface area (Å²) in [5.41, 5.74) is 0.571. The Labute approximate surface area is 152 Å². The SMILES string of the molecule is COc1ccc(N2C(=O)C(C=NCCCN(C)C)C(=O)NC2=S)cc1. The maximum Gasteiger partial charge on any atom is 0.251 e. The number of carbonyl (C=O) groups is 2. The highest BCUT2D eigenvalue weighted by Crippen LogP contribution is 2.23. The van der Waals surface area contributed by atoms with E-state index in [0.29, 0.717) is 18.0 Å². The lowest BCUT2D eigenvalue weighted by atomic mass is 10.1. The van der Waals surface area contributed by atoms with E-state index in [4.69, 9.17) is 17.0 Å². The van der Waals surface area contributed by atoms with Crippen LogP contribution in [-0.4, -0.2) is 62.3 Å². The predicted molar refractivity (Wildman–Crippen MR) is 101 cm³/mol. The average molecular weight is 362 g/mol. The van der Waals surface area contributed by atoms with Gasteiger partial charge in [-0.3, -0.25) is 19.5 Å². The normalized spacial score (nSPS) is 18.2. The molecular weight excluding hydrogens is 340 g/mol. The Balaban J connectivity index is 2.10. The molecule has 1 atom stereocenters. The molecule has 0 radical (unpaired) electrons. The Kier molecular flexibility index (Phi) is 6.60. The van der Waals surface area contributed by atoms with Crippen molar-refractivity contribution in [3.63, 3.8) is 0 Å². The van der Waals surface area contributed by atoms with Crippen LogP contribution in [0.25, 0.3) is 0 Å². The molecule has 0 spiro atoms. The molecule has 1 aromatic rings. The van der Waals surface area contributed by atoms with E-state index in [9.17, 15) is 9.59 Å². The minimum absolute atomic E-state index is 0.0671. The molecular formula is C17H22N4O3S. The van der Waals surface area contributed by atoms with Crippen molar-refractivity contribution in [3.05, 3.63) is 24.3 Å². The highest BCUT2D eigenvalue weighted by molar-refractivity contribution is 7.80. The molecule has 1 unspecified atom stereocenters. The van der Waals surface area contributed by atoms with Gasteiger partial charge in [-0.15, -0.1) is 0 Å². The smallest absolute Gasteiger partial charge is 0.251 e. The van der Waals surface area contributed by atoms with Gasteiger partial charge in [-0.1, -0.05) is 0 Å². The Hall–Kier alpha value is -2.32. The second-order valence-corrected chi connectivity index (χ2v) is 6.24. The number of hydrogen-bond acceptors (Lipinski definition) is 6. The number of thiocarbonyl (C=S) groups is 1. The van der Waals surface area contributed by atoms with Crippen LogP contribution in [0.1, 0.15) is 6.42 Å². The monoisotopic (exact) mass is 362 g/mol. The summed E-state index contributed by atoms with van der Waals surface area (Å²) in [7, 11) is 5.53. The largest absolute Gasteiger partial charge is 0.497 e. The van der Waals surface area contributed by atoms with Gasteiger partial charge in [-0.05, 0) is 63.5 Å². The van der Waals surface area contributed by atoms with Crippen LogP contribution in [0.2, 0.25) is 0 Å². The number of amides is 2. The number of hydrogen-bond donors (Lipinski definition) is 1. The highest BCUT2D eigenvalue weighted by atomic mass is 32.1. The summed E-state index contributed by atoms with van der Waals surface area (Å²) in [4.78, 5) is 32.4. The first-order valence-corrected chi connectivity index (χ1v) is 8.32. The number of anilines is 1. The van der Waals surface area contributed by atoms with Crippen LogP contribution in [0, 0.1) is 5.92 Å². The van der Waals surface area contributed by atoms with Gasteiger partial charge >= 0.3 is 0 Å². The van der Waals surface area contributed by atoms with Gasteiger partial charge in [0, 0.05) is 12.8 Å². The summed E-state index contributed by atoms with van der Waals surface area (Å²) >= 11 is 5.15. The van der Waals surface area contributed by atoms with E-state index in [2.05, 4.69) is 15.2 Å². The van der Waals surface area contributed by atoms with Crippen LogP contribution in [0.3, 0.4) is 0 Å². The number of nitrogens with one attached hydrogen (secondary N) is 1. The summed E-state index contributed by atoms with van der Waals surface area (Å²) in [5.74, 6) is -1.17. The molecule has 2 rings (SSSR count). The van der Waals surface area contributed by atoms with Crippen molar-refractivity contribution in [3.8, 4) is 5.75 Å². The fraction of sp³-hybridized carbons (Fsp3) is 0.412. The molecule has 1 aliphatic heterocycles. The van der Waals surface area contributed by atoms with Crippen molar-refractivity contribution < 1.29 is 14.3 Å². The third-order valence-corrected chi connectivity index (χ3v) is 3.96. The van der Waals surface area contributed by atoms with E-state index in [-0.39, 0.29) is 5.11 Å². The van der Waals surface area contributed by atoms with Crippen molar-refractivity contribution in [2.24, 2.45) is 10.9 Å². The summed E-state index contributed by atoms with van der Waals surface area (Å²) in [5, 5.41) is 2.63. The minimum Gasteiger partial charge on any atom is -0.497 e. The maximum atomic E-state index is 12.7. The van der Waals surface area contributed by atoms with Crippen molar-refractivity contribution in [1.29, 1.82) is 0 Å². The number of methoxy groups -OCH3 is 1. The van der Waals surface area contributed by atoms with Gasteiger partial charge in [0.25, 0.3) is 5.91 Å². The lowest BCUT2D eigenvalue weighted by Gasteiger charge is -2.31. The van der Waals surface area contributed by atoms with Crippen molar-refractivity contribution in [2.75, 3.05) is 39.2 Å². The molecule has 25 heavy (non-hydrogen) atoms. The van der Waals surface area contributed by atoms with Crippen LogP contribution in [0.5, 0.6) is 5.75 Å². The van der Waals surface area contributed by atoms with Crippen LogP contribution >= 0.6 is 12.2 Å². The van der Waals surface area contributed by atoms with Gasteiger partial charge < -0.3 is 15.0 Å². The first-order chi connectivity index (χ1) is 11.9. The van der Waals surface area contributed by atoms with Crippen LogP contribution in [0.15, 0.2) is 29.3 Å². The van der Waals surface area contributed by atoms with E-state index in [1.807, 2.05) is 14.1 Å². The number of carbonyl (C=O) groups excluding carboxylic acids is 2. The minimum atomic E-state index is -0.979. The molecule has 1 aromatic carbocycles. The highest BCUT2D eigenvalue weighted by Gasteiger charge is 2.38. The van der Waals surface area contributed by atoms with Crippen LogP contribution in [0.4, 0.5) is 5.69 Å². The second kappa shape index (κ2) is 8.68. The molecule has 0 aromatic heterocycles. The van der Waals surface area contributed by atoms with Gasteiger partial charge in [0.05, 0.1) is 12.8 Å². The zero-order valence-electron chi connectivity index (χ0n) is 14.6. The first kappa shape index (κ1) is 19.0. The quantitative estimate of drug-likeness (QED) is 0.340. The molecule has 1 heterocycles. The van der Waals surface area contributed by atoms with Gasteiger partial charge in [-0.2, -0.15) is 0 Å². The molecule has 1 saturated heterocycles. The molecule has 0 saturated carbocycles. The van der Waals surface area contributed by atoms with Crippen molar-refractivity contribution in [1.82, 2.24) is 10.2 Å². The van der Waals surface area contributed by atoms with Gasteiger partial charge in [0.15, 0.2) is 11.0 Å². The lowest BCUT2D eigenvalue weighted by molar-refractivity contribution is -0.130. The maximum absolute atomic E-state index is 12.7. The summed E-state index contributed by atoms with van der Waals surface area (Å²) in [6.07, 6.45) is 2.26. The topological polar surface area (TPSA) is 74.2 Å². The molecule has 1 N–H and O–H groups in total. The molecule has 8 heteroatoms. The van der Waals surface area contributed by atoms with E-state index < -0.39 is 17.7 Å². The third kappa shape index (κ3) is 4.83. The van der Waals surface area contributed by atoms with Crippen molar-refractivity contribution >= 4 is 41.0 Å². The fourth-order valence-corrected chi connectivity index (χ4v) is 2.65. The Morgan fingerprint density at radius 1 is 1.32 bits per heavy atom. The molecule has 7 nitrogen and oxygen atoms in total. The Morgan fingerprint density at radius 3 is 2.60 bits per heavy atom. The number of nitrogens with zero attached hydrogens (tertiary/aromatic N) is 3. The number of rotatable bonds is 7. The average Bonchev–Trinajstić information content (AvgIpc) is 2.57. The summed E-state index contributed by atoms with van der Waals surface area (Å²) < 4.78 is 5.11. The number of benzene rings is 1. The molecule has 0 aliphatic carbocycles. The number of aliphatic imine (C=N–C) groups is 1. The van der Waals surface area contributed by atoms with Crippen LogP contribution < -0.4 is 15.0 Å². The van der Waals surface area contributed by atoms with Crippen LogP contribution in [-0.2, 0) is 9.59 Å². The zero-order chi connectivity index (χ0) is 18.4. The lowest BCUT2D eigenvalue weighted by Crippen LogP contribution is -2.58. The molecule has 1 aliphatic rings. The molecule has 0 bridgehead atoms. The van der Waals surface area contributed by atoms with Crippen molar-refractivity contribution in [2.45, 2.75) is 6.42 Å². The van der Waals surface area contributed by atoms with E-state index in [1.165, 1.54) is 11.1 Å². The molecule has 2 amide bonds. The second-order valence-electron chi connectivity index (χ2n) is 5.86. The van der Waals surface area contributed by atoms with E-state index >= 15 is 0 Å². The first-order valence-electron chi connectivity index (χ1n) is 7.91. The summed E-state index contributed by atoms with van der Waals surface area (Å²) in [6, 6.07) is 6.88. The molecule has 134 valence electrons. The fourth-order valence-electron chi connectivity index (χ4n) is 2.36. The van der Waals surface area contributed by atoms with E-state index in [0.717, 1.165) is 13.0 Å². The van der Waals surface area contributed by atoms with Gasteiger partial charge in [-0.25, -0.2) is 0 Å². The summed E-state index contributed by atoms with van der Waals surface area (Å²) in [6.45, 7) is 1.45. The number of ether oxygens (including phenoxy) is 1. The Morgan fingerprint density at radius 2 is 2.00 bits per heavy atom. The predicted octanol–water partition coefficient (Wildman–Crippen LogP) is 1.08. The molecule has 1 fully saturated rings. The zero-order valence-corrected chi connectivity index (χ0v) is 15.4. The standard InChI is InChI=1S/C17H22N4O3S/c1-20(2)10-4-9-18-11-14-15(22)19-17(25)21(16(14)23)12-5-7-13(24-3)8-6-12/h5-8,11,14H,4,9-10H2,1-3H3,(H,19,22,25). The van der Waals surface area contributed by atoms with E-state index in [1.54, 1.807) is 31.4 Å². The van der Waals surface area contributed by atoms with Gasteiger partial charge in [0.1, 0.15) is 5.75 Å². The van der Waals surface area contributed by atoms with Gasteiger partial charge in [0.2, 0.25) is 5.91 Å². The Bertz CT molecular complexity index is 673. The third-order valence-electron chi connectivity index (χ3n) is 3.68.